The van der Waals surface area contributed by atoms with Gasteiger partial charge in [-0.3, -0.25) is 0 Å². The Morgan fingerprint density at radius 1 is 1.11 bits per heavy atom. The number of pyridine rings is 1. The molecule has 0 radical (unpaired) electrons. The molecule has 1 saturated carbocycles. The van der Waals surface area contributed by atoms with Crippen LogP contribution >= 0.6 is 0 Å². The number of carboxylic acids is 1. The molecule has 6 rings (SSSR count). The van der Waals surface area contributed by atoms with Crippen LogP contribution in [0, 0.1) is 11.7 Å². The van der Waals surface area contributed by atoms with Gasteiger partial charge in [0.25, 0.3) is 0 Å². The van der Waals surface area contributed by atoms with Gasteiger partial charge in [0.2, 0.25) is 5.88 Å². The maximum absolute atomic E-state index is 15.2. The van der Waals surface area contributed by atoms with E-state index in [2.05, 4.69) is 4.98 Å². The number of imidazole rings is 1. The van der Waals surface area contributed by atoms with Crippen LogP contribution in [0.1, 0.15) is 41.0 Å². The number of nitrogens with zero attached hydrogens (tertiary/aromatic N) is 3. The molecule has 2 aromatic carbocycles. The lowest BCUT2D eigenvalue weighted by Crippen LogP contribution is -2.31. The minimum Gasteiger partial charge on any atom is -0.478 e. The number of fused-ring (bicyclic) bond motifs is 1. The second kappa shape index (κ2) is 9.35. The highest BCUT2D eigenvalue weighted by atomic mass is 19.1. The number of aromatic carboxylic acids is 1. The first-order valence-electron chi connectivity index (χ1n) is 12.3. The standard InChI is InChI=1S/C28H26FN3O4/c29-22-12-18(6-8-21(22)23-2-1-3-27(31-23)36-16-17-4-5-17)13-26-30-24-9-7-19(28(33)34)14-25(24)32(26)15-20-10-11-35-20/h1-3,6-9,12,14,17,20H,4-5,10-11,13,15-16H2,(H,33,34). The van der Waals surface area contributed by atoms with Gasteiger partial charge < -0.3 is 19.1 Å². The molecule has 0 amide bonds. The summed E-state index contributed by atoms with van der Waals surface area (Å²) < 4.78 is 28.6. The van der Waals surface area contributed by atoms with Crippen LogP contribution < -0.4 is 4.74 Å². The molecule has 1 N–H and O–H groups in total. The SMILES string of the molecule is O=C(O)c1ccc2nc(Cc3ccc(-c4cccc(OCC5CC5)n4)c(F)c3)n(CC3CCO3)c2c1. The molecule has 7 nitrogen and oxygen atoms in total. The molecule has 1 unspecified atom stereocenters. The number of ether oxygens (including phenoxy) is 2. The molecule has 2 aliphatic rings. The van der Waals surface area contributed by atoms with E-state index in [0.717, 1.165) is 29.9 Å². The fourth-order valence-electron chi connectivity index (χ4n) is 4.47. The van der Waals surface area contributed by atoms with Crippen LogP contribution in [0.15, 0.2) is 54.6 Å². The summed E-state index contributed by atoms with van der Waals surface area (Å²) >= 11 is 0. The molecule has 0 bridgehead atoms. The van der Waals surface area contributed by atoms with Crippen molar-refractivity contribution in [2.45, 2.75) is 38.3 Å². The third-order valence-electron chi connectivity index (χ3n) is 6.81. The van der Waals surface area contributed by atoms with E-state index in [1.165, 1.54) is 18.9 Å². The second-order valence-corrected chi connectivity index (χ2v) is 9.54. The maximum atomic E-state index is 15.2. The van der Waals surface area contributed by atoms with Crippen LogP contribution in [-0.4, -0.2) is 44.9 Å². The molecule has 36 heavy (non-hydrogen) atoms. The minimum absolute atomic E-state index is 0.0641. The number of hydrogen-bond acceptors (Lipinski definition) is 5. The Morgan fingerprint density at radius 2 is 1.97 bits per heavy atom. The summed E-state index contributed by atoms with van der Waals surface area (Å²) in [5, 5.41) is 9.43. The molecule has 0 spiro atoms. The average molecular weight is 488 g/mol. The van der Waals surface area contributed by atoms with E-state index in [-0.39, 0.29) is 17.5 Å². The van der Waals surface area contributed by atoms with Crippen molar-refractivity contribution >= 4 is 17.0 Å². The third kappa shape index (κ3) is 4.68. The van der Waals surface area contributed by atoms with Gasteiger partial charge in [0, 0.05) is 24.7 Å². The lowest BCUT2D eigenvalue weighted by molar-refractivity contribution is -0.0589. The van der Waals surface area contributed by atoms with Crippen LogP contribution in [-0.2, 0) is 17.7 Å². The summed E-state index contributed by atoms with van der Waals surface area (Å²) in [6.45, 7) is 1.95. The van der Waals surface area contributed by atoms with Crippen LogP contribution in [0.3, 0.4) is 0 Å². The summed E-state index contributed by atoms with van der Waals surface area (Å²) in [5.74, 6) is 0.512. The molecule has 8 heteroatoms. The van der Waals surface area contributed by atoms with Gasteiger partial charge in [-0.15, -0.1) is 0 Å². The van der Waals surface area contributed by atoms with Gasteiger partial charge in [0.1, 0.15) is 11.6 Å². The molecule has 1 saturated heterocycles. The molecule has 1 aliphatic heterocycles. The maximum Gasteiger partial charge on any atom is 0.335 e. The molecule has 2 fully saturated rings. The molecule has 2 aromatic heterocycles. The van der Waals surface area contributed by atoms with E-state index in [0.29, 0.717) is 48.1 Å². The molecular weight excluding hydrogens is 461 g/mol. The zero-order chi connectivity index (χ0) is 24.6. The third-order valence-corrected chi connectivity index (χ3v) is 6.81. The molecule has 4 aromatic rings. The van der Waals surface area contributed by atoms with Crippen molar-refractivity contribution in [3.63, 3.8) is 0 Å². The first kappa shape index (κ1) is 22.7. The predicted molar refractivity (Wildman–Crippen MR) is 132 cm³/mol. The quantitative estimate of drug-likeness (QED) is 0.353. The van der Waals surface area contributed by atoms with Crippen LogP contribution in [0.5, 0.6) is 5.88 Å². The minimum atomic E-state index is -0.987. The topological polar surface area (TPSA) is 86.5 Å². The smallest absolute Gasteiger partial charge is 0.335 e. The molecule has 1 atom stereocenters. The highest BCUT2D eigenvalue weighted by Crippen LogP contribution is 2.30. The first-order chi connectivity index (χ1) is 17.5. The fourth-order valence-corrected chi connectivity index (χ4v) is 4.47. The van der Waals surface area contributed by atoms with Crippen molar-refractivity contribution in [3.05, 3.63) is 77.4 Å². The van der Waals surface area contributed by atoms with Gasteiger partial charge in [-0.1, -0.05) is 12.1 Å². The zero-order valence-electron chi connectivity index (χ0n) is 19.7. The van der Waals surface area contributed by atoms with Gasteiger partial charge in [0.05, 0.1) is 41.5 Å². The number of aromatic nitrogens is 3. The summed E-state index contributed by atoms with van der Waals surface area (Å²) in [6, 6.07) is 15.4. The van der Waals surface area contributed by atoms with Crippen LogP contribution in [0.2, 0.25) is 0 Å². The summed E-state index contributed by atoms with van der Waals surface area (Å²) in [5.41, 5.74) is 3.36. The second-order valence-electron chi connectivity index (χ2n) is 9.54. The Morgan fingerprint density at radius 3 is 2.69 bits per heavy atom. The van der Waals surface area contributed by atoms with E-state index in [9.17, 15) is 9.90 Å². The fraction of sp³-hybridized carbons (Fsp3) is 0.321. The van der Waals surface area contributed by atoms with Gasteiger partial charge >= 0.3 is 5.97 Å². The van der Waals surface area contributed by atoms with Gasteiger partial charge in [-0.2, -0.15) is 0 Å². The summed E-state index contributed by atoms with van der Waals surface area (Å²) in [6.07, 6.45) is 3.79. The number of hydrogen-bond donors (Lipinski definition) is 1. The lowest BCUT2D eigenvalue weighted by Gasteiger charge is -2.27. The normalized spacial score (nSPS) is 17.2. The predicted octanol–water partition coefficient (Wildman–Crippen LogP) is 5.10. The van der Waals surface area contributed by atoms with E-state index >= 15 is 4.39 Å². The van der Waals surface area contributed by atoms with Gasteiger partial charge in [-0.05, 0) is 67.1 Å². The molecule has 184 valence electrons. The Kier molecular flexibility index (Phi) is 5.89. The van der Waals surface area contributed by atoms with E-state index in [4.69, 9.17) is 14.5 Å². The Balaban J connectivity index is 1.28. The number of carbonyl (C=O) groups is 1. The summed E-state index contributed by atoms with van der Waals surface area (Å²) in [4.78, 5) is 20.7. The Bertz CT molecular complexity index is 1440. The van der Waals surface area contributed by atoms with Crippen molar-refractivity contribution in [2.24, 2.45) is 5.92 Å². The molecule has 1 aliphatic carbocycles. The average Bonchev–Trinajstić information content (AvgIpc) is 3.61. The number of halogens is 1. The van der Waals surface area contributed by atoms with Gasteiger partial charge in [0.15, 0.2) is 0 Å². The Labute approximate surface area is 207 Å². The highest BCUT2D eigenvalue weighted by Gasteiger charge is 2.23. The number of rotatable bonds is 9. The van der Waals surface area contributed by atoms with E-state index in [1.54, 1.807) is 36.4 Å². The Hall–Kier alpha value is -3.78. The van der Waals surface area contributed by atoms with Crippen molar-refractivity contribution in [3.8, 4) is 17.1 Å². The van der Waals surface area contributed by atoms with Crippen molar-refractivity contribution in [2.75, 3.05) is 13.2 Å². The highest BCUT2D eigenvalue weighted by molar-refractivity contribution is 5.92. The van der Waals surface area contributed by atoms with E-state index < -0.39 is 5.97 Å². The van der Waals surface area contributed by atoms with Gasteiger partial charge in [-0.25, -0.2) is 19.2 Å². The molecular formula is C28H26FN3O4. The van der Waals surface area contributed by atoms with E-state index in [1.807, 2.05) is 16.7 Å². The van der Waals surface area contributed by atoms with Crippen LogP contribution in [0.25, 0.3) is 22.3 Å². The largest absolute Gasteiger partial charge is 0.478 e. The van der Waals surface area contributed by atoms with Crippen LogP contribution in [0.4, 0.5) is 4.39 Å². The zero-order valence-corrected chi connectivity index (χ0v) is 19.7. The summed E-state index contributed by atoms with van der Waals surface area (Å²) in [7, 11) is 0. The van der Waals surface area contributed by atoms with Crippen molar-refractivity contribution < 1.29 is 23.8 Å². The first-order valence-corrected chi connectivity index (χ1v) is 12.3. The lowest BCUT2D eigenvalue weighted by atomic mass is 10.1. The number of carboxylic acid groups (broad SMARTS) is 1. The number of benzene rings is 2. The van der Waals surface area contributed by atoms with Crippen molar-refractivity contribution in [1.82, 2.24) is 14.5 Å². The monoisotopic (exact) mass is 487 g/mol. The molecule has 3 heterocycles. The van der Waals surface area contributed by atoms with Crippen molar-refractivity contribution in [1.29, 1.82) is 0 Å².